The van der Waals surface area contributed by atoms with Gasteiger partial charge in [0.2, 0.25) is 0 Å². The molecule has 0 heterocycles. The van der Waals surface area contributed by atoms with Crippen LogP contribution in [0.1, 0.15) is 22.3 Å². The van der Waals surface area contributed by atoms with Crippen molar-refractivity contribution < 1.29 is 9.53 Å². The fourth-order valence-corrected chi connectivity index (χ4v) is 3.59. The van der Waals surface area contributed by atoms with E-state index in [9.17, 15) is 4.79 Å². The minimum atomic E-state index is -0.210. The third-order valence-corrected chi connectivity index (χ3v) is 4.22. The summed E-state index contributed by atoms with van der Waals surface area (Å²) in [4.78, 5) is 12.2. The SMILES string of the molecule is Cc1cc(C)c(NC(=O)COc2c(C)cc(Br)cc2Cl)c(C)c1. The van der Waals surface area contributed by atoms with Gasteiger partial charge >= 0.3 is 0 Å². The molecule has 0 saturated heterocycles. The van der Waals surface area contributed by atoms with Gasteiger partial charge in [-0.25, -0.2) is 0 Å². The molecule has 0 unspecified atom stereocenters. The van der Waals surface area contributed by atoms with E-state index in [2.05, 4.69) is 21.2 Å². The van der Waals surface area contributed by atoms with Crippen LogP contribution in [0.3, 0.4) is 0 Å². The number of anilines is 1. The number of hydrogen-bond donors (Lipinski definition) is 1. The molecule has 0 bridgehead atoms. The molecule has 0 aromatic heterocycles. The molecule has 0 fully saturated rings. The van der Waals surface area contributed by atoms with E-state index < -0.39 is 0 Å². The van der Waals surface area contributed by atoms with Crippen LogP contribution in [-0.4, -0.2) is 12.5 Å². The maximum Gasteiger partial charge on any atom is 0.262 e. The first-order valence-corrected chi connectivity index (χ1v) is 8.41. The van der Waals surface area contributed by atoms with Gasteiger partial charge in [-0.2, -0.15) is 0 Å². The molecule has 122 valence electrons. The molecule has 2 aromatic rings. The average Bonchev–Trinajstić information content (AvgIpc) is 2.41. The second-order valence-electron chi connectivity index (χ2n) is 5.64. The van der Waals surface area contributed by atoms with Gasteiger partial charge in [0, 0.05) is 10.2 Å². The Morgan fingerprint density at radius 3 is 2.26 bits per heavy atom. The van der Waals surface area contributed by atoms with E-state index in [4.69, 9.17) is 16.3 Å². The lowest BCUT2D eigenvalue weighted by atomic mass is 10.1. The van der Waals surface area contributed by atoms with E-state index in [1.165, 1.54) is 5.56 Å². The van der Waals surface area contributed by atoms with E-state index >= 15 is 0 Å². The van der Waals surface area contributed by atoms with Crippen molar-refractivity contribution in [1.29, 1.82) is 0 Å². The lowest BCUT2D eigenvalue weighted by Crippen LogP contribution is -2.21. The van der Waals surface area contributed by atoms with Crippen molar-refractivity contribution in [3.63, 3.8) is 0 Å². The van der Waals surface area contributed by atoms with E-state index in [-0.39, 0.29) is 12.5 Å². The molecule has 0 aliphatic heterocycles. The zero-order valence-electron chi connectivity index (χ0n) is 13.6. The molecule has 5 heteroatoms. The number of carbonyl (C=O) groups excluding carboxylic acids is 1. The summed E-state index contributed by atoms with van der Waals surface area (Å²) in [6.07, 6.45) is 0. The topological polar surface area (TPSA) is 38.3 Å². The Morgan fingerprint density at radius 1 is 1.09 bits per heavy atom. The summed E-state index contributed by atoms with van der Waals surface area (Å²) in [7, 11) is 0. The van der Waals surface area contributed by atoms with Crippen LogP contribution in [0.2, 0.25) is 5.02 Å². The Hall–Kier alpha value is -1.52. The van der Waals surface area contributed by atoms with Gasteiger partial charge in [-0.15, -0.1) is 0 Å². The summed E-state index contributed by atoms with van der Waals surface area (Å²) in [5, 5.41) is 3.39. The molecule has 1 amide bonds. The van der Waals surface area contributed by atoms with Crippen molar-refractivity contribution in [2.75, 3.05) is 11.9 Å². The van der Waals surface area contributed by atoms with Crippen LogP contribution >= 0.6 is 27.5 Å². The van der Waals surface area contributed by atoms with Crippen LogP contribution in [-0.2, 0) is 4.79 Å². The summed E-state index contributed by atoms with van der Waals surface area (Å²) in [6.45, 7) is 7.79. The second-order valence-corrected chi connectivity index (χ2v) is 6.97. The summed E-state index contributed by atoms with van der Waals surface area (Å²) in [5.41, 5.74) is 4.96. The van der Waals surface area contributed by atoms with E-state index in [0.29, 0.717) is 10.8 Å². The third kappa shape index (κ3) is 4.49. The fourth-order valence-electron chi connectivity index (χ4n) is 2.56. The smallest absolute Gasteiger partial charge is 0.262 e. The van der Waals surface area contributed by atoms with Crippen LogP contribution in [0.5, 0.6) is 5.75 Å². The number of ether oxygens (including phenoxy) is 1. The first-order chi connectivity index (χ1) is 10.8. The summed E-state index contributed by atoms with van der Waals surface area (Å²) >= 11 is 9.53. The summed E-state index contributed by atoms with van der Waals surface area (Å²) < 4.78 is 6.47. The monoisotopic (exact) mass is 395 g/mol. The number of benzene rings is 2. The van der Waals surface area contributed by atoms with Crippen molar-refractivity contribution in [3.05, 3.63) is 56.0 Å². The molecule has 2 rings (SSSR count). The first-order valence-electron chi connectivity index (χ1n) is 7.24. The molecule has 2 aromatic carbocycles. The van der Waals surface area contributed by atoms with Crippen LogP contribution in [0.4, 0.5) is 5.69 Å². The van der Waals surface area contributed by atoms with Gasteiger partial charge in [-0.3, -0.25) is 4.79 Å². The normalized spacial score (nSPS) is 10.5. The van der Waals surface area contributed by atoms with E-state index in [1.807, 2.05) is 45.9 Å². The number of aryl methyl sites for hydroxylation is 4. The van der Waals surface area contributed by atoms with Gasteiger partial charge in [-0.05, 0) is 56.5 Å². The number of amides is 1. The Kier molecular flexibility index (Phi) is 5.71. The highest BCUT2D eigenvalue weighted by Gasteiger charge is 2.12. The highest BCUT2D eigenvalue weighted by atomic mass is 79.9. The number of nitrogens with one attached hydrogen (secondary N) is 1. The highest BCUT2D eigenvalue weighted by Crippen LogP contribution is 2.32. The fraction of sp³-hybridized carbons (Fsp3) is 0.278. The number of hydrogen-bond acceptors (Lipinski definition) is 2. The van der Waals surface area contributed by atoms with Crippen LogP contribution in [0, 0.1) is 27.7 Å². The van der Waals surface area contributed by atoms with Crippen molar-refractivity contribution in [2.24, 2.45) is 0 Å². The van der Waals surface area contributed by atoms with E-state index in [1.54, 1.807) is 6.07 Å². The molecule has 0 aliphatic rings. The van der Waals surface area contributed by atoms with Gasteiger partial charge < -0.3 is 10.1 Å². The second kappa shape index (κ2) is 7.37. The van der Waals surface area contributed by atoms with Crippen LogP contribution in [0.15, 0.2) is 28.7 Å². The lowest BCUT2D eigenvalue weighted by Gasteiger charge is -2.14. The Bertz CT molecular complexity index is 713. The van der Waals surface area contributed by atoms with E-state index in [0.717, 1.165) is 26.9 Å². The molecular formula is C18H19BrClNO2. The maximum absolute atomic E-state index is 12.2. The van der Waals surface area contributed by atoms with Crippen molar-refractivity contribution in [2.45, 2.75) is 27.7 Å². The Labute approximate surface area is 150 Å². The Morgan fingerprint density at radius 2 is 1.70 bits per heavy atom. The molecule has 0 spiro atoms. The van der Waals surface area contributed by atoms with Crippen molar-refractivity contribution >= 4 is 39.1 Å². The third-order valence-electron chi connectivity index (χ3n) is 3.48. The standard InChI is InChI=1S/C18H19BrClNO2/c1-10-5-11(2)17(12(3)6-10)21-16(22)9-23-18-13(4)7-14(19)8-15(18)20/h5-8H,9H2,1-4H3,(H,21,22). The van der Waals surface area contributed by atoms with Gasteiger partial charge in [0.15, 0.2) is 6.61 Å². The predicted molar refractivity (Wildman–Crippen MR) is 98.7 cm³/mol. The zero-order valence-corrected chi connectivity index (χ0v) is 15.9. The minimum absolute atomic E-state index is 0.0883. The molecule has 0 aliphatic carbocycles. The van der Waals surface area contributed by atoms with Gasteiger partial charge in [-0.1, -0.05) is 45.2 Å². The predicted octanol–water partition coefficient (Wildman–Crippen LogP) is 5.35. The summed E-state index contributed by atoms with van der Waals surface area (Å²) in [5.74, 6) is 0.320. The number of rotatable bonds is 4. The lowest BCUT2D eigenvalue weighted by molar-refractivity contribution is -0.118. The molecule has 3 nitrogen and oxygen atoms in total. The van der Waals surface area contributed by atoms with Crippen LogP contribution in [0.25, 0.3) is 0 Å². The summed E-state index contributed by atoms with van der Waals surface area (Å²) in [6, 6.07) is 7.72. The van der Waals surface area contributed by atoms with Crippen molar-refractivity contribution in [1.82, 2.24) is 0 Å². The number of halogens is 2. The number of carbonyl (C=O) groups is 1. The molecule has 23 heavy (non-hydrogen) atoms. The molecule has 1 N–H and O–H groups in total. The molecule has 0 radical (unpaired) electrons. The van der Waals surface area contributed by atoms with Crippen molar-refractivity contribution in [3.8, 4) is 5.75 Å². The quantitative estimate of drug-likeness (QED) is 0.756. The highest BCUT2D eigenvalue weighted by molar-refractivity contribution is 9.10. The first kappa shape index (κ1) is 17.8. The van der Waals surface area contributed by atoms with Gasteiger partial charge in [0.05, 0.1) is 5.02 Å². The molecule has 0 atom stereocenters. The largest absolute Gasteiger partial charge is 0.482 e. The van der Waals surface area contributed by atoms with Gasteiger partial charge in [0.25, 0.3) is 5.91 Å². The zero-order chi connectivity index (χ0) is 17.1. The van der Waals surface area contributed by atoms with Crippen LogP contribution < -0.4 is 10.1 Å². The van der Waals surface area contributed by atoms with Gasteiger partial charge in [0.1, 0.15) is 5.75 Å². The Balaban J connectivity index is 2.07. The minimum Gasteiger partial charge on any atom is -0.482 e. The molecule has 0 saturated carbocycles. The maximum atomic E-state index is 12.2. The molecular weight excluding hydrogens is 378 g/mol. The average molecular weight is 397 g/mol.